The van der Waals surface area contributed by atoms with Gasteiger partial charge in [-0.1, -0.05) is 32.4 Å². The van der Waals surface area contributed by atoms with Gasteiger partial charge in [-0.15, -0.1) is 0 Å². The third-order valence-corrected chi connectivity index (χ3v) is 8.27. The lowest BCUT2D eigenvalue weighted by Crippen LogP contribution is -2.57. The van der Waals surface area contributed by atoms with E-state index in [0.717, 1.165) is 24.8 Å². The Labute approximate surface area is 154 Å². The van der Waals surface area contributed by atoms with Crippen molar-refractivity contribution in [3.8, 4) is 0 Å². The Morgan fingerprint density at radius 1 is 1.31 bits per heavy atom. The van der Waals surface area contributed by atoms with Gasteiger partial charge < -0.3 is 5.11 Å². The van der Waals surface area contributed by atoms with Crippen molar-refractivity contribution >= 4 is 17.9 Å². The molecule has 140 valence electrons. The molecular weight excluding hydrogens is 328 g/mol. The maximum atomic E-state index is 12.2. The molecule has 4 nitrogen and oxygen atoms in total. The molecule has 0 aromatic rings. The zero-order chi connectivity index (χ0) is 18.9. The van der Waals surface area contributed by atoms with E-state index in [4.69, 9.17) is 0 Å². The largest absolute Gasteiger partial charge is 0.393 e. The molecule has 4 aliphatic rings. The van der Waals surface area contributed by atoms with Crippen LogP contribution in [0.15, 0.2) is 23.8 Å². The highest BCUT2D eigenvalue weighted by Gasteiger charge is 2.63. The van der Waals surface area contributed by atoms with Gasteiger partial charge in [0.05, 0.1) is 6.10 Å². The summed E-state index contributed by atoms with van der Waals surface area (Å²) in [6, 6.07) is 0. The summed E-state index contributed by atoms with van der Waals surface area (Å²) >= 11 is 0. The molecule has 7 unspecified atom stereocenters. The molecule has 3 fully saturated rings. The highest BCUT2D eigenvalue weighted by molar-refractivity contribution is 6.26. The van der Waals surface area contributed by atoms with Crippen LogP contribution in [-0.4, -0.2) is 29.1 Å². The number of carbonyl (C=O) groups excluding carboxylic acids is 3. The Morgan fingerprint density at radius 2 is 2.04 bits per heavy atom. The van der Waals surface area contributed by atoms with Crippen LogP contribution in [0.25, 0.3) is 0 Å². The Morgan fingerprint density at radius 3 is 2.73 bits per heavy atom. The number of allylic oxidation sites excluding steroid dienone is 4. The van der Waals surface area contributed by atoms with Crippen LogP contribution in [0.3, 0.4) is 0 Å². The number of fused-ring (bicyclic) bond motifs is 5. The zero-order valence-electron chi connectivity index (χ0n) is 15.8. The molecule has 0 bridgehead atoms. The molecule has 0 saturated heterocycles. The van der Waals surface area contributed by atoms with Crippen molar-refractivity contribution in [2.75, 3.05) is 0 Å². The molecule has 0 aliphatic heterocycles. The van der Waals surface area contributed by atoms with Gasteiger partial charge in [-0.25, -0.2) is 0 Å². The lowest BCUT2D eigenvalue weighted by molar-refractivity contribution is -0.145. The fourth-order valence-electron chi connectivity index (χ4n) is 7.30. The first kappa shape index (κ1) is 17.8. The molecule has 0 spiro atoms. The lowest BCUT2D eigenvalue weighted by Gasteiger charge is -2.60. The summed E-state index contributed by atoms with van der Waals surface area (Å²) in [5, 5.41) is 11.2. The van der Waals surface area contributed by atoms with Crippen molar-refractivity contribution in [2.24, 2.45) is 40.4 Å². The van der Waals surface area contributed by atoms with Gasteiger partial charge in [0.1, 0.15) is 0 Å². The molecule has 8 atom stereocenters. The van der Waals surface area contributed by atoms with Gasteiger partial charge in [0, 0.05) is 17.3 Å². The van der Waals surface area contributed by atoms with Crippen molar-refractivity contribution in [1.82, 2.24) is 0 Å². The van der Waals surface area contributed by atoms with E-state index < -0.39 is 6.10 Å². The Kier molecular flexibility index (Phi) is 3.93. The molecule has 4 aliphatic carbocycles. The number of aliphatic hydroxyl groups excluding tert-OH is 1. The summed E-state index contributed by atoms with van der Waals surface area (Å²) in [6.45, 7) is 6.44. The summed E-state index contributed by atoms with van der Waals surface area (Å²) in [4.78, 5) is 35.3. The number of aliphatic hydroxyl groups is 1. The smallest absolute Gasteiger partial charge is 0.198 e. The Balaban J connectivity index is 1.76. The fraction of sp³-hybridized carbons (Fsp3) is 0.682. The minimum absolute atomic E-state index is 0.0374. The number of Topliss-reactive ketones (excluding diaryl/α,β-unsaturated/α-hetero) is 1. The molecule has 0 aromatic heterocycles. The predicted octanol–water partition coefficient (Wildman–Crippen LogP) is 2.90. The van der Waals surface area contributed by atoms with Crippen LogP contribution in [0.5, 0.6) is 0 Å². The molecule has 0 aromatic carbocycles. The van der Waals surface area contributed by atoms with Gasteiger partial charge in [-0.05, 0) is 61.0 Å². The topological polar surface area (TPSA) is 71.4 Å². The van der Waals surface area contributed by atoms with Crippen molar-refractivity contribution in [1.29, 1.82) is 0 Å². The molecular formula is C22H28O4. The summed E-state index contributed by atoms with van der Waals surface area (Å²) < 4.78 is 0. The van der Waals surface area contributed by atoms with Crippen LogP contribution < -0.4 is 0 Å². The van der Waals surface area contributed by atoms with Crippen LogP contribution in [0, 0.1) is 40.4 Å². The molecule has 3 saturated carbocycles. The number of carbonyl (C=O) groups is 3. The van der Waals surface area contributed by atoms with Gasteiger partial charge in [0.25, 0.3) is 0 Å². The van der Waals surface area contributed by atoms with E-state index >= 15 is 0 Å². The van der Waals surface area contributed by atoms with Crippen LogP contribution in [0.4, 0.5) is 0 Å². The second kappa shape index (κ2) is 5.72. The van der Waals surface area contributed by atoms with E-state index in [2.05, 4.69) is 20.8 Å². The standard InChI is InChI=1S/C22H28O4/c1-12-8-14-15-4-5-16(19(26)11-23)22(15,3)10-18(25)20(14)21(2)7-6-13(24)9-17(12)21/h6-7,9,11-12,14-16,18,20,25H,4-5,8,10H2,1-3H3/t12-,14?,15?,16?,18?,20?,21?,22?/m0/s1. The molecule has 0 amide bonds. The van der Waals surface area contributed by atoms with Crippen LogP contribution in [-0.2, 0) is 14.4 Å². The van der Waals surface area contributed by atoms with E-state index in [1.165, 1.54) is 0 Å². The average molecular weight is 356 g/mol. The second-order valence-electron chi connectivity index (χ2n) is 9.48. The first-order valence-electron chi connectivity index (χ1n) is 9.84. The lowest BCUT2D eigenvalue weighted by atomic mass is 9.45. The van der Waals surface area contributed by atoms with Gasteiger partial charge in [-0.2, -0.15) is 0 Å². The molecule has 0 radical (unpaired) electrons. The highest BCUT2D eigenvalue weighted by atomic mass is 16.3. The first-order chi connectivity index (χ1) is 12.2. The van der Waals surface area contributed by atoms with E-state index in [-0.39, 0.29) is 40.2 Å². The average Bonchev–Trinajstić information content (AvgIpc) is 2.92. The van der Waals surface area contributed by atoms with Crippen molar-refractivity contribution < 1.29 is 19.5 Å². The maximum absolute atomic E-state index is 12.2. The molecule has 4 heteroatoms. The minimum Gasteiger partial charge on any atom is -0.393 e. The summed E-state index contributed by atoms with van der Waals surface area (Å²) in [5.74, 6) is 0.474. The van der Waals surface area contributed by atoms with Crippen molar-refractivity contribution in [3.63, 3.8) is 0 Å². The monoisotopic (exact) mass is 356 g/mol. The molecule has 1 N–H and O–H groups in total. The van der Waals surface area contributed by atoms with Crippen LogP contribution in [0.1, 0.15) is 46.5 Å². The first-order valence-corrected chi connectivity index (χ1v) is 9.84. The van der Waals surface area contributed by atoms with Crippen molar-refractivity contribution in [2.45, 2.75) is 52.6 Å². The second-order valence-corrected chi connectivity index (χ2v) is 9.48. The molecule has 4 rings (SSSR count). The Bertz CT molecular complexity index is 734. The summed E-state index contributed by atoms with van der Waals surface area (Å²) in [7, 11) is 0. The van der Waals surface area contributed by atoms with Gasteiger partial charge in [0.2, 0.25) is 0 Å². The number of hydrogen-bond acceptors (Lipinski definition) is 4. The van der Waals surface area contributed by atoms with Crippen LogP contribution >= 0.6 is 0 Å². The third-order valence-electron chi connectivity index (χ3n) is 8.27. The Hall–Kier alpha value is -1.55. The van der Waals surface area contributed by atoms with Gasteiger partial charge in [0.15, 0.2) is 17.9 Å². The summed E-state index contributed by atoms with van der Waals surface area (Å²) in [5.41, 5.74) is 0.542. The molecule has 26 heavy (non-hydrogen) atoms. The minimum atomic E-state index is -0.528. The molecule has 0 heterocycles. The van der Waals surface area contributed by atoms with Gasteiger partial charge >= 0.3 is 0 Å². The van der Waals surface area contributed by atoms with E-state index in [1.54, 1.807) is 12.2 Å². The van der Waals surface area contributed by atoms with E-state index in [0.29, 0.717) is 24.5 Å². The number of hydrogen-bond donors (Lipinski definition) is 1. The summed E-state index contributed by atoms with van der Waals surface area (Å²) in [6.07, 6.45) is 8.55. The van der Waals surface area contributed by atoms with Crippen molar-refractivity contribution in [3.05, 3.63) is 23.8 Å². The number of rotatable bonds is 2. The quantitative estimate of drug-likeness (QED) is 0.610. The SMILES string of the molecule is C[C@H]1CC2C(C(O)CC3(C)C(C(=O)C=O)CCC23)C2(C)C=CC(=O)C=C12. The normalized spacial score (nSPS) is 49.7. The van der Waals surface area contributed by atoms with Crippen LogP contribution in [0.2, 0.25) is 0 Å². The number of aldehydes is 1. The third kappa shape index (κ3) is 2.20. The zero-order valence-corrected chi connectivity index (χ0v) is 15.8. The maximum Gasteiger partial charge on any atom is 0.198 e. The predicted molar refractivity (Wildman–Crippen MR) is 97.1 cm³/mol. The highest BCUT2D eigenvalue weighted by Crippen LogP contribution is 2.66. The van der Waals surface area contributed by atoms with E-state index in [1.807, 2.05) is 6.08 Å². The van der Waals surface area contributed by atoms with E-state index in [9.17, 15) is 19.5 Å². The fourth-order valence-corrected chi connectivity index (χ4v) is 7.30. The number of ketones is 2. The van der Waals surface area contributed by atoms with Gasteiger partial charge in [-0.3, -0.25) is 14.4 Å².